The number of para-hydroxylation sites is 1. The molecule has 1 saturated heterocycles. The lowest BCUT2D eigenvalue weighted by Gasteiger charge is -2.38. The minimum Gasteiger partial charge on any atom is -0.381 e. The van der Waals surface area contributed by atoms with Crippen molar-refractivity contribution >= 4 is 5.69 Å². The van der Waals surface area contributed by atoms with Crippen LogP contribution in [0.1, 0.15) is 50.5 Å². The SMILES string of the molecule is COC(C)C1CCN(c2ccccc2C2CCC2)CC1. The molecule has 2 heteroatoms. The number of rotatable bonds is 4. The van der Waals surface area contributed by atoms with Crippen molar-refractivity contribution in [1.82, 2.24) is 0 Å². The van der Waals surface area contributed by atoms with Crippen LogP contribution in [0.3, 0.4) is 0 Å². The highest BCUT2D eigenvalue weighted by Gasteiger charge is 2.27. The van der Waals surface area contributed by atoms with E-state index < -0.39 is 0 Å². The molecule has 1 saturated carbocycles. The average molecular weight is 273 g/mol. The van der Waals surface area contributed by atoms with Crippen LogP contribution in [0.5, 0.6) is 0 Å². The number of hydrogen-bond donors (Lipinski definition) is 0. The molecule has 0 spiro atoms. The molecular weight excluding hydrogens is 246 g/mol. The Morgan fingerprint density at radius 2 is 1.80 bits per heavy atom. The van der Waals surface area contributed by atoms with Crippen molar-refractivity contribution in [3.8, 4) is 0 Å². The van der Waals surface area contributed by atoms with Crippen LogP contribution in [0.2, 0.25) is 0 Å². The molecule has 2 fully saturated rings. The van der Waals surface area contributed by atoms with Crippen molar-refractivity contribution in [2.75, 3.05) is 25.1 Å². The van der Waals surface area contributed by atoms with E-state index in [4.69, 9.17) is 4.74 Å². The fraction of sp³-hybridized carbons (Fsp3) is 0.667. The fourth-order valence-electron chi connectivity index (χ4n) is 3.64. The normalized spacial score (nSPS) is 22.6. The van der Waals surface area contributed by atoms with Crippen molar-refractivity contribution in [3.63, 3.8) is 0 Å². The van der Waals surface area contributed by atoms with E-state index in [-0.39, 0.29) is 0 Å². The van der Waals surface area contributed by atoms with Gasteiger partial charge in [0.1, 0.15) is 0 Å². The Morgan fingerprint density at radius 3 is 2.40 bits per heavy atom. The standard InChI is InChI=1S/C18H27NO/c1-14(20-2)15-10-12-19(13-11-15)18-9-4-3-8-17(18)16-6-5-7-16/h3-4,8-9,14-16H,5-7,10-13H2,1-2H3. The van der Waals surface area contributed by atoms with Crippen LogP contribution in [0.25, 0.3) is 0 Å². The van der Waals surface area contributed by atoms with Crippen molar-refractivity contribution in [2.45, 2.75) is 51.0 Å². The highest BCUT2D eigenvalue weighted by Crippen LogP contribution is 2.41. The van der Waals surface area contributed by atoms with Gasteiger partial charge in [-0.15, -0.1) is 0 Å². The number of ether oxygens (including phenoxy) is 1. The Kier molecular flexibility index (Phi) is 4.30. The van der Waals surface area contributed by atoms with Crippen LogP contribution in [0.4, 0.5) is 5.69 Å². The maximum atomic E-state index is 5.50. The zero-order valence-electron chi connectivity index (χ0n) is 12.8. The first-order valence-electron chi connectivity index (χ1n) is 8.16. The van der Waals surface area contributed by atoms with Gasteiger partial charge in [0.2, 0.25) is 0 Å². The van der Waals surface area contributed by atoms with E-state index in [1.165, 1.54) is 50.9 Å². The summed E-state index contributed by atoms with van der Waals surface area (Å²) in [6, 6.07) is 9.08. The first-order valence-corrected chi connectivity index (χ1v) is 8.16. The molecule has 1 heterocycles. The van der Waals surface area contributed by atoms with Gasteiger partial charge in [-0.3, -0.25) is 0 Å². The van der Waals surface area contributed by atoms with Gasteiger partial charge in [0, 0.05) is 25.9 Å². The Labute approximate surface area is 123 Å². The van der Waals surface area contributed by atoms with E-state index in [2.05, 4.69) is 36.1 Å². The smallest absolute Gasteiger partial charge is 0.0572 e. The molecule has 1 aliphatic carbocycles. The Morgan fingerprint density at radius 1 is 1.10 bits per heavy atom. The fourth-order valence-corrected chi connectivity index (χ4v) is 3.64. The van der Waals surface area contributed by atoms with Crippen LogP contribution < -0.4 is 4.90 Å². The molecule has 0 bridgehead atoms. The topological polar surface area (TPSA) is 12.5 Å². The molecule has 1 aliphatic heterocycles. The molecular formula is C18H27NO. The van der Waals surface area contributed by atoms with Crippen molar-refractivity contribution in [3.05, 3.63) is 29.8 Å². The van der Waals surface area contributed by atoms with Gasteiger partial charge in [0.25, 0.3) is 0 Å². The number of hydrogen-bond acceptors (Lipinski definition) is 2. The maximum absolute atomic E-state index is 5.50. The summed E-state index contributed by atoms with van der Waals surface area (Å²) in [5, 5.41) is 0. The molecule has 0 radical (unpaired) electrons. The van der Waals surface area contributed by atoms with Gasteiger partial charge >= 0.3 is 0 Å². The summed E-state index contributed by atoms with van der Waals surface area (Å²) in [5.41, 5.74) is 3.10. The minimum absolute atomic E-state index is 0.402. The number of benzene rings is 1. The zero-order valence-corrected chi connectivity index (χ0v) is 12.8. The molecule has 0 amide bonds. The van der Waals surface area contributed by atoms with E-state index in [0.717, 1.165) is 11.8 Å². The highest BCUT2D eigenvalue weighted by atomic mass is 16.5. The molecule has 1 atom stereocenters. The lowest BCUT2D eigenvalue weighted by Crippen LogP contribution is -2.38. The molecule has 2 aliphatic rings. The van der Waals surface area contributed by atoms with E-state index in [0.29, 0.717) is 6.10 Å². The molecule has 110 valence electrons. The predicted octanol–water partition coefficient (Wildman–Crippen LogP) is 4.21. The second-order valence-electron chi connectivity index (χ2n) is 6.45. The molecule has 2 nitrogen and oxygen atoms in total. The second kappa shape index (κ2) is 6.17. The van der Waals surface area contributed by atoms with Crippen molar-refractivity contribution in [1.29, 1.82) is 0 Å². The summed E-state index contributed by atoms with van der Waals surface area (Å²) in [6.45, 7) is 4.58. The minimum atomic E-state index is 0.402. The average Bonchev–Trinajstić information content (AvgIpc) is 2.45. The summed E-state index contributed by atoms with van der Waals surface area (Å²) >= 11 is 0. The molecule has 0 aromatic heterocycles. The third-order valence-corrected chi connectivity index (χ3v) is 5.40. The van der Waals surface area contributed by atoms with Gasteiger partial charge in [-0.2, -0.15) is 0 Å². The van der Waals surface area contributed by atoms with E-state index in [1.807, 2.05) is 7.11 Å². The second-order valence-corrected chi connectivity index (χ2v) is 6.45. The van der Waals surface area contributed by atoms with Gasteiger partial charge in [-0.05, 0) is 56.1 Å². The third-order valence-electron chi connectivity index (χ3n) is 5.40. The molecule has 1 unspecified atom stereocenters. The molecule has 1 aromatic rings. The summed E-state index contributed by atoms with van der Waals surface area (Å²) in [4.78, 5) is 2.60. The first kappa shape index (κ1) is 13.9. The number of anilines is 1. The van der Waals surface area contributed by atoms with E-state index in [9.17, 15) is 0 Å². The quantitative estimate of drug-likeness (QED) is 0.815. The van der Waals surface area contributed by atoms with Gasteiger partial charge in [-0.25, -0.2) is 0 Å². The summed E-state index contributed by atoms with van der Waals surface area (Å²) in [7, 11) is 1.84. The monoisotopic (exact) mass is 273 g/mol. The summed E-state index contributed by atoms with van der Waals surface area (Å²) in [5.74, 6) is 1.55. The van der Waals surface area contributed by atoms with Gasteiger partial charge in [-0.1, -0.05) is 24.6 Å². The van der Waals surface area contributed by atoms with Gasteiger partial charge in [0.05, 0.1) is 6.10 Å². The van der Waals surface area contributed by atoms with Crippen LogP contribution in [0, 0.1) is 5.92 Å². The van der Waals surface area contributed by atoms with Gasteiger partial charge in [0.15, 0.2) is 0 Å². The maximum Gasteiger partial charge on any atom is 0.0572 e. The van der Waals surface area contributed by atoms with Crippen molar-refractivity contribution in [2.24, 2.45) is 5.92 Å². The Bertz CT molecular complexity index is 433. The van der Waals surface area contributed by atoms with Crippen LogP contribution in [0.15, 0.2) is 24.3 Å². The van der Waals surface area contributed by atoms with Gasteiger partial charge < -0.3 is 9.64 Å². The first-order chi connectivity index (χ1) is 9.79. The number of piperidine rings is 1. The molecule has 3 rings (SSSR count). The van der Waals surface area contributed by atoms with Crippen LogP contribution in [-0.2, 0) is 4.74 Å². The lowest BCUT2D eigenvalue weighted by atomic mass is 9.79. The number of methoxy groups -OCH3 is 1. The van der Waals surface area contributed by atoms with Crippen molar-refractivity contribution < 1.29 is 4.74 Å². The summed E-state index contributed by atoms with van der Waals surface area (Å²) in [6.07, 6.45) is 7.09. The summed E-state index contributed by atoms with van der Waals surface area (Å²) < 4.78 is 5.50. The van der Waals surface area contributed by atoms with Crippen LogP contribution in [-0.4, -0.2) is 26.3 Å². The largest absolute Gasteiger partial charge is 0.381 e. The number of nitrogens with zero attached hydrogens (tertiary/aromatic N) is 1. The molecule has 0 N–H and O–H groups in total. The van der Waals surface area contributed by atoms with E-state index >= 15 is 0 Å². The predicted molar refractivity (Wildman–Crippen MR) is 84.4 cm³/mol. The molecule has 1 aromatic carbocycles. The van der Waals surface area contributed by atoms with Crippen LogP contribution >= 0.6 is 0 Å². The third kappa shape index (κ3) is 2.71. The highest BCUT2D eigenvalue weighted by molar-refractivity contribution is 5.56. The Balaban J connectivity index is 1.69. The lowest BCUT2D eigenvalue weighted by molar-refractivity contribution is 0.0564. The zero-order chi connectivity index (χ0) is 13.9. The van der Waals surface area contributed by atoms with E-state index in [1.54, 1.807) is 5.56 Å². The Hall–Kier alpha value is -1.02. The molecule has 20 heavy (non-hydrogen) atoms.